The van der Waals surface area contributed by atoms with E-state index in [9.17, 15) is 0 Å². The van der Waals surface area contributed by atoms with Crippen LogP contribution >= 0.6 is 0 Å². The van der Waals surface area contributed by atoms with Crippen LogP contribution in [-0.4, -0.2) is 0 Å². The van der Waals surface area contributed by atoms with Crippen LogP contribution in [0, 0.1) is 0 Å². The molecule has 0 heterocycles. The SMILES string of the molecule is C=C=C=C=C=C=C=C=C=C=C=C=C=C=C=C=C=C=C=C=C=C=C=C=C=C=C=C=C=C=C=C=C=C=C=C=C=C=C=C=C=C=C=C=C=C=C=C=C=C=C=C=C=C=C. The zero-order chi connectivity index (χ0) is 39.5. The van der Waals surface area contributed by atoms with Crippen molar-refractivity contribution in [1.82, 2.24) is 0 Å². The molecule has 224 valence electrons. The first kappa shape index (κ1) is 43.1. The zero-order valence-electron chi connectivity index (χ0n) is 27.9. The maximum absolute atomic E-state index is 3.31. The molecule has 0 amide bonds. The highest BCUT2D eigenvalue weighted by Crippen LogP contribution is 1.61. The van der Waals surface area contributed by atoms with Gasteiger partial charge in [0.1, 0.15) is 0 Å². The minimum absolute atomic E-state index is 2.37. The molecule has 0 aromatic carbocycles. The highest BCUT2D eigenvalue weighted by atomic mass is 13.5. The van der Waals surface area contributed by atoms with Crippen molar-refractivity contribution >= 4 is 0 Å². The molecule has 0 atom stereocenters. The summed E-state index contributed by atoms with van der Waals surface area (Å²) < 4.78 is 0. The molecule has 0 heteroatoms. The predicted octanol–water partition coefficient (Wildman–Crippen LogP) is 9.02. The Labute approximate surface area is 315 Å². The quantitative estimate of drug-likeness (QED) is 0.227. The lowest BCUT2D eigenvalue weighted by Crippen LogP contribution is -1.26. The predicted molar refractivity (Wildman–Crippen MR) is 197 cm³/mol. The lowest BCUT2D eigenvalue weighted by Gasteiger charge is -1.41. The highest BCUT2D eigenvalue weighted by molar-refractivity contribution is 4.97. The van der Waals surface area contributed by atoms with E-state index < -0.39 is 0 Å². The van der Waals surface area contributed by atoms with Crippen molar-refractivity contribution in [3.63, 3.8) is 0 Å². The van der Waals surface area contributed by atoms with Crippen molar-refractivity contribution in [3.8, 4) is 0 Å². The Morgan fingerprint density at radius 3 is 0.200 bits per heavy atom. The number of rotatable bonds is 0. The molecule has 0 fully saturated rings. The summed E-state index contributed by atoms with van der Waals surface area (Å²) in [6.45, 7) is 6.63. The normalized spacial score (nSPS) is 3.93. The van der Waals surface area contributed by atoms with Gasteiger partial charge in [0.2, 0.25) is 0 Å². The maximum atomic E-state index is 3.31. The second kappa shape index (κ2) is 42.1. The van der Waals surface area contributed by atoms with Gasteiger partial charge in [-0.15, -0.1) is 0 Å². The number of hydrogen-bond acceptors (Lipinski definition) is 0. The van der Waals surface area contributed by atoms with Gasteiger partial charge in [-0.2, -0.15) is 0 Å². The average molecular weight is 665 g/mol. The summed E-state index contributed by atoms with van der Waals surface area (Å²) in [6, 6.07) is 0. The molecule has 0 saturated heterocycles. The average Bonchev–Trinajstić information content (AvgIpc) is 3.20. The Morgan fingerprint density at radius 1 is 0.0909 bits per heavy atom. The second-order valence-electron chi connectivity index (χ2n) is 6.73. The van der Waals surface area contributed by atoms with Crippen LogP contribution < -0.4 is 0 Å². The van der Waals surface area contributed by atoms with Gasteiger partial charge in [0.15, 0.2) is 0 Å². The first-order chi connectivity index (χ1) is 27.4. The lowest BCUT2D eigenvalue weighted by atomic mass is 10.6. The third kappa shape index (κ3) is 42.1. The summed E-state index contributed by atoms with van der Waals surface area (Å²) in [5.41, 5.74) is 132. The molecular formula is C55H4. The third-order valence-electron chi connectivity index (χ3n) is 3.30. The topological polar surface area (TPSA) is 0 Å². The van der Waals surface area contributed by atoms with Gasteiger partial charge < -0.3 is 0 Å². The van der Waals surface area contributed by atoms with Crippen LogP contribution in [0.4, 0.5) is 0 Å². The van der Waals surface area contributed by atoms with Gasteiger partial charge in [0, 0.05) is 201 Å². The van der Waals surface area contributed by atoms with Crippen LogP contribution in [0.5, 0.6) is 0 Å². The van der Waals surface area contributed by atoms with Crippen LogP contribution in [0.2, 0.25) is 0 Å². The standard InChI is InChI=1S/C55H4/c1-3-5-7-9-11-13-15-17-19-21-23-25-27-29-31-33-35-37-39-41-43-45-47-49-51-53-55-54-52-50-48-46-44-42-40-38-36-34-32-30-28-26-24-22-20-18-16-14-12-10-8-6-4-2/h1-2H2. The van der Waals surface area contributed by atoms with Gasteiger partial charge in [0.25, 0.3) is 0 Å². The summed E-state index contributed by atoms with van der Waals surface area (Å²) in [7, 11) is 0. The Bertz CT molecular complexity index is 3600. The highest BCUT2D eigenvalue weighted by Gasteiger charge is 1.46. The summed E-state index contributed by atoms with van der Waals surface area (Å²) in [6.07, 6.45) is 0. The van der Waals surface area contributed by atoms with Crippen LogP contribution in [0.3, 0.4) is 0 Å². The third-order valence-corrected chi connectivity index (χ3v) is 3.30. The molecule has 55 heavy (non-hydrogen) atoms. The van der Waals surface area contributed by atoms with Crippen molar-refractivity contribution in [2.45, 2.75) is 0 Å². The van der Waals surface area contributed by atoms with E-state index in [-0.39, 0.29) is 0 Å². The lowest BCUT2D eigenvalue weighted by molar-refractivity contribution is 2.10. The summed E-state index contributed by atoms with van der Waals surface area (Å²) in [4.78, 5) is 0. The van der Waals surface area contributed by atoms with Crippen LogP contribution in [0.1, 0.15) is 0 Å². The molecule has 0 radical (unpaired) electrons. The smallest absolute Gasteiger partial charge is 0 e. The minimum atomic E-state index is 2.37. The fraction of sp³-hybridized carbons (Fsp3) is 0. The Balaban J connectivity index is 6.10. The van der Waals surface area contributed by atoms with Crippen molar-refractivity contribution < 1.29 is 0 Å². The van der Waals surface area contributed by atoms with Gasteiger partial charge in [-0.25, -0.2) is 0 Å². The Hall–Kier alpha value is -11.9. The summed E-state index contributed by atoms with van der Waals surface area (Å²) >= 11 is 0. The molecular weight excluding hydrogens is 661 g/mol. The van der Waals surface area contributed by atoms with E-state index in [1.54, 1.807) is 0 Å². The van der Waals surface area contributed by atoms with Crippen molar-refractivity contribution in [2.75, 3.05) is 0 Å². The van der Waals surface area contributed by atoms with E-state index in [0.29, 0.717) is 0 Å². The van der Waals surface area contributed by atoms with Gasteiger partial charge in [-0.05, 0) is 105 Å². The molecule has 0 spiro atoms. The maximum Gasteiger partial charge on any atom is 0 e. The van der Waals surface area contributed by atoms with Crippen LogP contribution in [-0.2, 0) is 0 Å². The minimum Gasteiger partial charge on any atom is -0.0687 e. The van der Waals surface area contributed by atoms with E-state index >= 15 is 0 Å². The first-order valence-corrected chi connectivity index (χ1v) is 13.7. The molecule has 0 aliphatic heterocycles. The number of hydrogen-bond donors (Lipinski definition) is 0. The molecule has 0 rings (SSSR count). The van der Waals surface area contributed by atoms with Gasteiger partial charge in [-0.3, -0.25) is 0 Å². The Morgan fingerprint density at radius 2 is 0.145 bits per heavy atom. The molecule has 0 nitrogen and oxygen atoms in total. The molecule has 0 N–H and O–H groups in total. The van der Waals surface area contributed by atoms with Gasteiger partial charge in [-0.1, -0.05) is 11.5 Å². The molecule has 0 aliphatic carbocycles. The van der Waals surface area contributed by atoms with Crippen LogP contribution in [0.25, 0.3) is 0 Å². The first-order valence-electron chi connectivity index (χ1n) is 13.7. The molecule has 0 aromatic rings. The summed E-state index contributed by atoms with van der Waals surface area (Å²) in [5.74, 6) is 0. The fourth-order valence-corrected chi connectivity index (χ4v) is 1.62. The van der Waals surface area contributed by atoms with Crippen molar-refractivity contribution in [1.29, 1.82) is 0 Å². The largest absolute Gasteiger partial charge is 0.0687 e. The zero-order valence-corrected chi connectivity index (χ0v) is 27.9. The second-order valence-corrected chi connectivity index (χ2v) is 6.73. The molecule has 0 bridgehead atoms. The van der Waals surface area contributed by atoms with E-state index in [0.717, 1.165) is 0 Å². The monoisotopic (exact) mass is 664 g/mol. The molecule has 0 saturated carbocycles. The molecule has 0 unspecified atom stereocenters. The van der Waals surface area contributed by atoms with Gasteiger partial charge in [0.05, 0.1) is 0 Å². The van der Waals surface area contributed by atoms with Crippen LogP contribution in [0.15, 0.2) is 317 Å². The van der Waals surface area contributed by atoms with Crippen molar-refractivity contribution in [2.24, 2.45) is 0 Å². The van der Waals surface area contributed by atoms with E-state index in [1.165, 1.54) is 0 Å². The van der Waals surface area contributed by atoms with Gasteiger partial charge >= 0.3 is 0 Å². The van der Waals surface area contributed by atoms with E-state index in [4.69, 9.17) is 0 Å². The van der Waals surface area contributed by atoms with E-state index in [1.807, 2.05) is 0 Å². The summed E-state index contributed by atoms with van der Waals surface area (Å²) in [5, 5.41) is 0. The van der Waals surface area contributed by atoms with Crippen molar-refractivity contribution in [3.05, 3.63) is 317 Å². The Kier molecular flexibility index (Phi) is 33.0. The van der Waals surface area contributed by atoms with E-state index in [2.05, 4.69) is 317 Å². The fourth-order valence-electron chi connectivity index (χ4n) is 1.62. The molecule has 0 aromatic heterocycles. The molecule has 0 aliphatic rings.